The third-order valence-electron chi connectivity index (χ3n) is 4.33. The number of esters is 1. The number of carbonyl (C=O) groups is 2. The van der Waals surface area contributed by atoms with Crippen molar-refractivity contribution in [2.45, 2.75) is 32.2 Å². The summed E-state index contributed by atoms with van der Waals surface area (Å²) in [4.78, 5) is 24.4. The first kappa shape index (κ1) is 18.8. The summed E-state index contributed by atoms with van der Waals surface area (Å²) in [5.41, 5.74) is 1.92. The van der Waals surface area contributed by atoms with Crippen LogP contribution in [0.25, 0.3) is 6.08 Å². The van der Waals surface area contributed by atoms with E-state index in [1.54, 1.807) is 20.3 Å². The van der Waals surface area contributed by atoms with E-state index in [0.717, 1.165) is 35.5 Å². The molecule has 0 radical (unpaired) electrons. The van der Waals surface area contributed by atoms with Crippen LogP contribution in [0.15, 0.2) is 18.2 Å². The van der Waals surface area contributed by atoms with Gasteiger partial charge in [0.25, 0.3) is 0 Å². The third kappa shape index (κ3) is 4.53. The van der Waals surface area contributed by atoms with Gasteiger partial charge in [-0.2, -0.15) is 0 Å². The minimum Gasteiger partial charge on any atom is -0.496 e. The van der Waals surface area contributed by atoms with E-state index in [2.05, 4.69) is 6.92 Å². The second kappa shape index (κ2) is 9.11. The van der Waals surface area contributed by atoms with E-state index in [1.165, 1.54) is 4.90 Å². The lowest BCUT2D eigenvalue weighted by Gasteiger charge is -2.17. The number of likely N-dealkylation sites (tertiary alicyclic amines) is 1. The smallest absolute Gasteiger partial charge is 0.329 e. The van der Waals surface area contributed by atoms with Gasteiger partial charge in [-0.3, -0.25) is 4.79 Å². The molecule has 1 fully saturated rings. The van der Waals surface area contributed by atoms with Crippen LogP contribution < -0.4 is 9.47 Å². The lowest BCUT2D eigenvalue weighted by Crippen LogP contribution is -2.36. The van der Waals surface area contributed by atoms with Gasteiger partial charge in [-0.05, 0) is 43.0 Å². The van der Waals surface area contributed by atoms with Gasteiger partial charge in [0.05, 0.1) is 14.2 Å². The SMILES string of the molecule is CCc1cc(OC)c(/C=C/COC(=O)C2CCCN2C=O)cc1OC. The van der Waals surface area contributed by atoms with Gasteiger partial charge in [-0.1, -0.05) is 13.0 Å². The molecule has 1 aromatic carbocycles. The van der Waals surface area contributed by atoms with Crippen molar-refractivity contribution in [3.63, 3.8) is 0 Å². The van der Waals surface area contributed by atoms with Crippen LogP contribution in [0, 0.1) is 0 Å². The number of amides is 1. The Morgan fingerprint density at radius 3 is 2.68 bits per heavy atom. The molecule has 136 valence electrons. The number of hydrogen-bond acceptors (Lipinski definition) is 5. The molecular formula is C19H25NO5. The van der Waals surface area contributed by atoms with Gasteiger partial charge in [-0.15, -0.1) is 0 Å². The van der Waals surface area contributed by atoms with Crippen molar-refractivity contribution in [1.82, 2.24) is 4.90 Å². The molecule has 1 saturated heterocycles. The van der Waals surface area contributed by atoms with Crippen LogP contribution in [0.1, 0.15) is 30.9 Å². The first-order chi connectivity index (χ1) is 12.1. The number of hydrogen-bond donors (Lipinski definition) is 0. The Bertz CT molecular complexity index is 641. The predicted molar refractivity (Wildman–Crippen MR) is 94.7 cm³/mol. The molecule has 1 aliphatic rings. The van der Waals surface area contributed by atoms with Crippen LogP contribution in [0.5, 0.6) is 11.5 Å². The van der Waals surface area contributed by atoms with E-state index in [1.807, 2.05) is 18.2 Å². The molecule has 25 heavy (non-hydrogen) atoms. The van der Waals surface area contributed by atoms with Gasteiger partial charge in [-0.25, -0.2) is 4.79 Å². The molecule has 0 spiro atoms. The fourth-order valence-electron chi connectivity index (χ4n) is 2.96. The minimum atomic E-state index is -0.454. The molecule has 1 heterocycles. The fraction of sp³-hybridized carbons (Fsp3) is 0.474. The summed E-state index contributed by atoms with van der Waals surface area (Å²) in [6.07, 6.45) is 6.62. The van der Waals surface area contributed by atoms with Crippen LogP contribution in [0.2, 0.25) is 0 Å². The van der Waals surface area contributed by atoms with Crippen LogP contribution >= 0.6 is 0 Å². The number of aryl methyl sites for hydroxylation is 1. The van der Waals surface area contributed by atoms with Crippen molar-refractivity contribution >= 4 is 18.5 Å². The van der Waals surface area contributed by atoms with Crippen molar-refractivity contribution in [2.24, 2.45) is 0 Å². The molecule has 0 aliphatic carbocycles. The lowest BCUT2D eigenvalue weighted by molar-refractivity contribution is -0.149. The van der Waals surface area contributed by atoms with Crippen molar-refractivity contribution < 1.29 is 23.8 Å². The summed E-state index contributed by atoms with van der Waals surface area (Å²) in [6, 6.07) is 3.40. The van der Waals surface area contributed by atoms with Crippen LogP contribution in [-0.4, -0.2) is 50.7 Å². The topological polar surface area (TPSA) is 65.1 Å². The molecule has 0 aromatic heterocycles. The fourth-order valence-corrected chi connectivity index (χ4v) is 2.96. The van der Waals surface area contributed by atoms with Crippen molar-refractivity contribution in [3.05, 3.63) is 29.3 Å². The summed E-state index contributed by atoms with van der Waals surface area (Å²) in [5, 5.41) is 0. The van der Waals surface area contributed by atoms with Gasteiger partial charge in [0, 0.05) is 12.1 Å². The molecule has 1 unspecified atom stereocenters. The average Bonchev–Trinajstić information content (AvgIpc) is 3.13. The average molecular weight is 347 g/mol. The normalized spacial score (nSPS) is 16.9. The maximum atomic E-state index is 12.0. The summed E-state index contributed by atoms with van der Waals surface area (Å²) < 4.78 is 16.1. The molecular weight excluding hydrogens is 322 g/mol. The van der Waals surface area contributed by atoms with Crippen molar-refractivity contribution in [2.75, 3.05) is 27.4 Å². The first-order valence-corrected chi connectivity index (χ1v) is 8.43. The maximum absolute atomic E-state index is 12.0. The Labute approximate surface area is 148 Å². The highest BCUT2D eigenvalue weighted by molar-refractivity contribution is 5.79. The predicted octanol–water partition coefficient (Wildman–Crippen LogP) is 2.44. The van der Waals surface area contributed by atoms with Gasteiger partial charge < -0.3 is 19.1 Å². The second-order valence-electron chi connectivity index (χ2n) is 5.79. The highest BCUT2D eigenvalue weighted by Crippen LogP contribution is 2.30. The summed E-state index contributed by atoms with van der Waals surface area (Å²) >= 11 is 0. The standard InChI is InChI=1S/C19H25NO5/c1-4-14-11-18(24-3)15(12-17(14)23-2)7-6-10-25-19(22)16-8-5-9-20(16)13-21/h6-7,11-13,16H,4-5,8-10H2,1-3H3/b7-6+. The summed E-state index contributed by atoms with van der Waals surface area (Å²) in [6.45, 7) is 2.81. The van der Waals surface area contributed by atoms with Crippen LogP contribution in [0.3, 0.4) is 0 Å². The first-order valence-electron chi connectivity index (χ1n) is 8.43. The zero-order valence-electron chi connectivity index (χ0n) is 15.0. The Balaban J connectivity index is 1.99. The number of nitrogens with zero attached hydrogens (tertiary/aromatic N) is 1. The molecule has 0 N–H and O–H groups in total. The molecule has 6 heteroatoms. The van der Waals surface area contributed by atoms with Crippen molar-refractivity contribution in [3.8, 4) is 11.5 Å². The minimum absolute atomic E-state index is 0.142. The number of methoxy groups -OCH3 is 2. The number of carbonyl (C=O) groups excluding carboxylic acids is 2. The summed E-state index contributed by atoms with van der Waals surface area (Å²) in [7, 11) is 3.25. The van der Waals surface area contributed by atoms with Gasteiger partial charge in [0.2, 0.25) is 6.41 Å². The van der Waals surface area contributed by atoms with E-state index < -0.39 is 6.04 Å². The van der Waals surface area contributed by atoms with E-state index in [-0.39, 0.29) is 12.6 Å². The molecule has 1 aliphatic heterocycles. The van der Waals surface area contributed by atoms with Gasteiger partial charge in [0.15, 0.2) is 0 Å². The zero-order valence-corrected chi connectivity index (χ0v) is 15.0. The largest absolute Gasteiger partial charge is 0.496 e. The van der Waals surface area contributed by atoms with Crippen LogP contribution in [0.4, 0.5) is 0 Å². The van der Waals surface area contributed by atoms with Gasteiger partial charge >= 0.3 is 5.97 Å². The quantitative estimate of drug-likeness (QED) is 0.534. The van der Waals surface area contributed by atoms with E-state index >= 15 is 0 Å². The van der Waals surface area contributed by atoms with Crippen molar-refractivity contribution in [1.29, 1.82) is 0 Å². The molecule has 6 nitrogen and oxygen atoms in total. The molecule has 1 aromatic rings. The van der Waals surface area contributed by atoms with Crippen LogP contribution in [-0.2, 0) is 20.7 Å². The van der Waals surface area contributed by atoms with Gasteiger partial charge in [0.1, 0.15) is 24.1 Å². The number of benzene rings is 1. The number of ether oxygens (including phenoxy) is 3. The Morgan fingerprint density at radius 2 is 2.04 bits per heavy atom. The Hall–Kier alpha value is -2.50. The number of rotatable bonds is 8. The molecule has 0 bridgehead atoms. The zero-order chi connectivity index (χ0) is 18.2. The lowest BCUT2D eigenvalue weighted by atomic mass is 10.1. The molecule has 0 saturated carbocycles. The third-order valence-corrected chi connectivity index (χ3v) is 4.33. The van der Waals surface area contributed by atoms with E-state index in [0.29, 0.717) is 19.4 Å². The Kier molecular flexibility index (Phi) is 6.86. The molecule has 1 atom stereocenters. The maximum Gasteiger partial charge on any atom is 0.329 e. The monoisotopic (exact) mass is 347 g/mol. The summed E-state index contributed by atoms with van der Waals surface area (Å²) in [5.74, 6) is 1.18. The molecule has 1 amide bonds. The van der Waals surface area contributed by atoms with E-state index in [9.17, 15) is 9.59 Å². The second-order valence-corrected chi connectivity index (χ2v) is 5.79. The highest BCUT2D eigenvalue weighted by Gasteiger charge is 2.30. The molecule has 2 rings (SSSR count). The van der Waals surface area contributed by atoms with E-state index in [4.69, 9.17) is 14.2 Å². The highest BCUT2D eigenvalue weighted by atomic mass is 16.5. The Morgan fingerprint density at radius 1 is 1.28 bits per heavy atom.